The van der Waals surface area contributed by atoms with E-state index in [9.17, 15) is 0 Å². The molecule has 7 aromatic carbocycles. The van der Waals surface area contributed by atoms with Gasteiger partial charge in [-0.2, -0.15) is 0 Å². The summed E-state index contributed by atoms with van der Waals surface area (Å²) in [5.41, 5.74) is 12.4. The normalized spacial score (nSPS) is 16.0. The SMILES string of the molecule is c1ccc(-c2cccc(-c3ccc4c(c3)c3c5oc6ccccc6c5ccc3n4C3Nc4ccccc4C(c4ccccc4)N3)c2)cc1. The van der Waals surface area contributed by atoms with Crippen molar-refractivity contribution in [1.29, 1.82) is 0 Å². The Kier molecular flexibility index (Phi) is 6.05. The van der Waals surface area contributed by atoms with E-state index in [-0.39, 0.29) is 12.3 Å². The van der Waals surface area contributed by atoms with Crippen molar-refractivity contribution in [3.05, 3.63) is 175 Å². The van der Waals surface area contributed by atoms with Crippen LogP contribution in [0, 0.1) is 0 Å². The lowest BCUT2D eigenvalue weighted by Gasteiger charge is -2.36. The van der Waals surface area contributed by atoms with Crippen molar-refractivity contribution in [3.8, 4) is 22.3 Å². The zero-order chi connectivity index (χ0) is 31.6. The molecular weight excluding hydrogens is 587 g/mol. The van der Waals surface area contributed by atoms with Crippen molar-refractivity contribution in [1.82, 2.24) is 9.88 Å². The molecule has 0 amide bonds. The quantitative estimate of drug-likeness (QED) is 0.206. The number of fused-ring (bicyclic) bond motifs is 8. The zero-order valence-electron chi connectivity index (χ0n) is 26.1. The fraction of sp³-hybridized carbons (Fsp3) is 0.0455. The standard InChI is InChI=1S/C44H31N3O/c1-3-12-28(13-4-1)30-16-11-17-31(26-30)32-22-24-38-36(27-32)41-39(25-23-34-33-18-8-10-21-40(33)48-43(34)41)47(38)44-45-37-20-9-7-19-35(37)42(46-44)29-14-5-2-6-15-29/h1-27,42,44-46H. The number of nitrogens with one attached hydrogen (secondary N) is 2. The topological polar surface area (TPSA) is 42.1 Å². The van der Waals surface area contributed by atoms with Crippen molar-refractivity contribution in [3.63, 3.8) is 0 Å². The first-order valence-corrected chi connectivity index (χ1v) is 16.5. The van der Waals surface area contributed by atoms with Crippen LogP contribution in [0.3, 0.4) is 0 Å². The van der Waals surface area contributed by atoms with Crippen LogP contribution in [0.5, 0.6) is 0 Å². The van der Waals surface area contributed by atoms with Crippen LogP contribution in [0.1, 0.15) is 23.5 Å². The third kappa shape index (κ3) is 4.20. The van der Waals surface area contributed by atoms with E-state index in [2.05, 4.69) is 173 Å². The van der Waals surface area contributed by atoms with Crippen molar-refractivity contribution in [2.24, 2.45) is 0 Å². The van der Waals surface area contributed by atoms with Crippen molar-refractivity contribution in [2.75, 3.05) is 5.32 Å². The van der Waals surface area contributed by atoms with E-state index in [4.69, 9.17) is 4.42 Å². The Morgan fingerprint density at radius 2 is 1.19 bits per heavy atom. The van der Waals surface area contributed by atoms with Crippen LogP contribution < -0.4 is 10.6 Å². The molecule has 228 valence electrons. The molecule has 3 heterocycles. The third-order valence-electron chi connectivity index (χ3n) is 9.89. The van der Waals surface area contributed by atoms with Gasteiger partial charge in [-0.25, -0.2) is 0 Å². The molecule has 48 heavy (non-hydrogen) atoms. The molecule has 0 bridgehead atoms. The minimum absolute atomic E-state index is 0.0241. The molecule has 0 fully saturated rings. The van der Waals surface area contributed by atoms with E-state index in [1.165, 1.54) is 33.4 Å². The van der Waals surface area contributed by atoms with Crippen LogP contribution in [-0.2, 0) is 0 Å². The number of rotatable bonds is 4. The largest absolute Gasteiger partial charge is 0.455 e. The van der Waals surface area contributed by atoms with Crippen LogP contribution in [-0.4, -0.2) is 4.57 Å². The van der Waals surface area contributed by atoms with Crippen molar-refractivity contribution >= 4 is 49.4 Å². The van der Waals surface area contributed by atoms with Gasteiger partial charge in [0.25, 0.3) is 0 Å². The lowest BCUT2D eigenvalue weighted by Crippen LogP contribution is -2.40. The molecule has 0 saturated carbocycles. The molecule has 0 radical (unpaired) electrons. The maximum atomic E-state index is 6.69. The predicted molar refractivity (Wildman–Crippen MR) is 198 cm³/mol. The summed E-state index contributed by atoms with van der Waals surface area (Å²) >= 11 is 0. The molecule has 2 N–H and O–H groups in total. The van der Waals surface area contributed by atoms with Gasteiger partial charge in [0, 0.05) is 21.8 Å². The molecule has 0 aliphatic carbocycles. The highest BCUT2D eigenvalue weighted by Gasteiger charge is 2.30. The highest BCUT2D eigenvalue weighted by molar-refractivity contribution is 6.23. The second-order valence-corrected chi connectivity index (χ2v) is 12.6. The zero-order valence-corrected chi connectivity index (χ0v) is 26.1. The molecule has 0 saturated heterocycles. The Morgan fingerprint density at radius 1 is 0.500 bits per heavy atom. The number of para-hydroxylation sites is 2. The summed E-state index contributed by atoms with van der Waals surface area (Å²) in [5, 5.41) is 12.4. The van der Waals surface area contributed by atoms with E-state index in [0.29, 0.717) is 0 Å². The van der Waals surface area contributed by atoms with Crippen LogP contribution in [0.2, 0.25) is 0 Å². The summed E-state index contributed by atoms with van der Waals surface area (Å²) < 4.78 is 9.10. The van der Waals surface area contributed by atoms with Gasteiger partial charge in [0.05, 0.1) is 22.5 Å². The van der Waals surface area contributed by atoms with Gasteiger partial charge >= 0.3 is 0 Å². The second-order valence-electron chi connectivity index (χ2n) is 12.6. The number of benzene rings is 7. The molecule has 2 atom stereocenters. The van der Waals surface area contributed by atoms with Gasteiger partial charge in [0.15, 0.2) is 6.29 Å². The number of hydrogen-bond acceptors (Lipinski definition) is 3. The van der Waals surface area contributed by atoms with Gasteiger partial charge in [0.1, 0.15) is 11.2 Å². The molecule has 10 rings (SSSR count). The summed E-state index contributed by atoms with van der Waals surface area (Å²) in [7, 11) is 0. The number of nitrogens with zero attached hydrogens (tertiary/aromatic N) is 1. The van der Waals surface area contributed by atoms with Crippen molar-refractivity contribution in [2.45, 2.75) is 12.3 Å². The number of anilines is 1. The van der Waals surface area contributed by atoms with Crippen molar-refractivity contribution < 1.29 is 4.42 Å². The lowest BCUT2D eigenvalue weighted by molar-refractivity contribution is 0.417. The molecule has 1 aliphatic rings. The fourth-order valence-corrected chi connectivity index (χ4v) is 7.66. The van der Waals surface area contributed by atoms with E-state index in [1.807, 2.05) is 6.07 Å². The Morgan fingerprint density at radius 3 is 2.06 bits per heavy atom. The lowest BCUT2D eigenvalue weighted by atomic mass is 9.95. The van der Waals surface area contributed by atoms with Crippen LogP contribution in [0.25, 0.3) is 66.0 Å². The fourth-order valence-electron chi connectivity index (χ4n) is 7.66. The van der Waals surface area contributed by atoms with E-state index in [0.717, 1.165) is 49.4 Å². The van der Waals surface area contributed by atoms with Crippen LogP contribution in [0.15, 0.2) is 168 Å². The average Bonchev–Trinajstić information content (AvgIpc) is 3.70. The summed E-state index contributed by atoms with van der Waals surface area (Å²) in [6.45, 7) is 0. The Hall–Kier alpha value is -6.10. The maximum absolute atomic E-state index is 6.69. The summed E-state index contributed by atoms with van der Waals surface area (Å²) in [6.07, 6.45) is -0.209. The van der Waals surface area contributed by atoms with E-state index >= 15 is 0 Å². The summed E-state index contributed by atoms with van der Waals surface area (Å²) in [6, 6.07) is 58.5. The highest BCUT2D eigenvalue weighted by atomic mass is 16.3. The van der Waals surface area contributed by atoms with E-state index < -0.39 is 0 Å². The minimum atomic E-state index is -0.209. The van der Waals surface area contributed by atoms with Crippen LogP contribution in [0.4, 0.5) is 5.69 Å². The number of hydrogen-bond donors (Lipinski definition) is 2. The molecule has 4 nitrogen and oxygen atoms in total. The van der Waals surface area contributed by atoms with Gasteiger partial charge in [-0.15, -0.1) is 0 Å². The minimum Gasteiger partial charge on any atom is -0.455 e. The molecule has 4 heteroatoms. The maximum Gasteiger partial charge on any atom is 0.160 e. The summed E-state index contributed by atoms with van der Waals surface area (Å²) in [4.78, 5) is 0. The van der Waals surface area contributed by atoms with E-state index in [1.54, 1.807) is 0 Å². The Balaban J connectivity index is 1.21. The Bertz CT molecular complexity index is 2630. The molecule has 1 aliphatic heterocycles. The predicted octanol–water partition coefficient (Wildman–Crippen LogP) is 11.3. The number of furan rings is 1. The van der Waals surface area contributed by atoms with Gasteiger partial charge in [-0.05, 0) is 75.8 Å². The first kappa shape index (κ1) is 27.1. The first-order chi connectivity index (χ1) is 23.8. The molecule has 2 unspecified atom stereocenters. The van der Waals surface area contributed by atoms with Gasteiger partial charge in [0.2, 0.25) is 0 Å². The average molecular weight is 618 g/mol. The smallest absolute Gasteiger partial charge is 0.160 e. The second kappa shape index (κ2) is 10.7. The molecule has 9 aromatic rings. The number of aromatic nitrogens is 1. The molecular formula is C44H31N3O. The highest BCUT2D eigenvalue weighted by Crippen LogP contribution is 2.44. The Labute approximate surface area is 277 Å². The molecule has 0 spiro atoms. The van der Waals surface area contributed by atoms with Gasteiger partial charge in [-0.3, -0.25) is 5.32 Å². The van der Waals surface area contributed by atoms with Gasteiger partial charge in [-0.1, -0.05) is 121 Å². The first-order valence-electron chi connectivity index (χ1n) is 16.5. The summed E-state index contributed by atoms with van der Waals surface area (Å²) in [5.74, 6) is 0. The molecule has 2 aromatic heterocycles. The third-order valence-corrected chi connectivity index (χ3v) is 9.89. The monoisotopic (exact) mass is 617 g/mol. The van der Waals surface area contributed by atoms with Gasteiger partial charge < -0.3 is 14.3 Å². The van der Waals surface area contributed by atoms with Crippen LogP contribution >= 0.6 is 0 Å².